The van der Waals surface area contributed by atoms with Crippen molar-refractivity contribution < 1.29 is 19.0 Å². The third kappa shape index (κ3) is 4.16. The SMILES string of the molecule is COc1cc(C=CC(=O)N2CCc3sccc3C2c2ccccc2)cc(OC)c1OC. The largest absolute Gasteiger partial charge is 0.493 e. The minimum absolute atomic E-state index is 0.0283. The molecule has 4 rings (SSSR count). The molecule has 1 aliphatic rings. The van der Waals surface area contributed by atoms with Crippen LogP contribution in [0.4, 0.5) is 0 Å². The summed E-state index contributed by atoms with van der Waals surface area (Å²) in [5.74, 6) is 1.60. The summed E-state index contributed by atoms with van der Waals surface area (Å²) in [4.78, 5) is 16.6. The maximum atomic E-state index is 13.3. The van der Waals surface area contributed by atoms with Gasteiger partial charge in [-0.25, -0.2) is 0 Å². The molecular formula is C25H25NO4S. The molecule has 0 bridgehead atoms. The second kappa shape index (κ2) is 9.27. The van der Waals surface area contributed by atoms with Gasteiger partial charge < -0.3 is 19.1 Å². The van der Waals surface area contributed by atoms with Gasteiger partial charge in [0.25, 0.3) is 0 Å². The Morgan fingerprint density at radius 2 is 1.74 bits per heavy atom. The number of carbonyl (C=O) groups is 1. The van der Waals surface area contributed by atoms with Crippen LogP contribution in [-0.4, -0.2) is 38.7 Å². The Morgan fingerprint density at radius 1 is 1.03 bits per heavy atom. The topological polar surface area (TPSA) is 48.0 Å². The normalized spacial score (nSPS) is 15.6. The summed E-state index contributed by atoms with van der Waals surface area (Å²) in [6.45, 7) is 0.686. The third-order valence-corrected chi connectivity index (χ3v) is 6.47. The Labute approximate surface area is 186 Å². The van der Waals surface area contributed by atoms with Gasteiger partial charge in [-0.2, -0.15) is 0 Å². The molecule has 0 spiro atoms. The molecule has 1 aliphatic heterocycles. The molecule has 1 unspecified atom stereocenters. The zero-order valence-corrected chi connectivity index (χ0v) is 18.6. The summed E-state index contributed by atoms with van der Waals surface area (Å²) in [7, 11) is 4.72. The van der Waals surface area contributed by atoms with E-state index in [0.29, 0.717) is 23.8 Å². The quantitative estimate of drug-likeness (QED) is 0.514. The highest BCUT2D eigenvalue weighted by atomic mass is 32.1. The van der Waals surface area contributed by atoms with Crippen LogP contribution < -0.4 is 14.2 Å². The van der Waals surface area contributed by atoms with E-state index in [2.05, 4.69) is 23.6 Å². The van der Waals surface area contributed by atoms with Crippen LogP contribution in [0.25, 0.3) is 6.08 Å². The lowest BCUT2D eigenvalue weighted by atomic mass is 9.93. The van der Waals surface area contributed by atoms with Crippen molar-refractivity contribution in [2.24, 2.45) is 0 Å². The second-order valence-corrected chi connectivity index (χ2v) is 8.19. The molecule has 3 aromatic rings. The molecule has 0 N–H and O–H groups in total. The van der Waals surface area contributed by atoms with Crippen LogP contribution in [0.2, 0.25) is 0 Å². The number of thiophene rings is 1. The van der Waals surface area contributed by atoms with Gasteiger partial charge in [-0.1, -0.05) is 30.3 Å². The molecule has 0 fully saturated rings. The van der Waals surface area contributed by atoms with E-state index < -0.39 is 0 Å². The van der Waals surface area contributed by atoms with Gasteiger partial charge in [0.15, 0.2) is 11.5 Å². The molecule has 2 heterocycles. The van der Waals surface area contributed by atoms with Crippen LogP contribution in [0, 0.1) is 0 Å². The average molecular weight is 436 g/mol. The monoisotopic (exact) mass is 435 g/mol. The molecule has 1 amide bonds. The van der Waals surface area contributed by atoms with E-state index in [1.807, 2.05) is 35.2 Å². The minimum atomic E-state index is -0.0757. The van der Waals surface area contributed by atoms with Crippen LogP contribution in [0.5, 0.6) is 17.2 Å². The maximum Gasteiger partial charge on any atom is 0.247 e. The molecule has 1 atom stereocenters. The van der Waals surface area contributed by atoms with Gasteiger partial charge in [-0.05, 0) is 52.8 Å². The van der Waals surface area contributed by atoms with E-state index in [9.17, 15) is 4.79 Å². The van der Waals surface area contributed by atoms with Gasteiger partial charge in [0, 0.05) is 17.5 Å². The summed E-state index contributed by atoms with van der Waals surface area (Å²) in [5, 5.41) is 2.11. The highest BCUT2D eigenvalue weighted by Gasteiger charge is 2.31. The molecule has 6 heteroatoms. The van der Waals surface area contributed by atoms with E-state index in [0.717, 1.165) is 17.5 Å². The zero-order chi connectivity index (χ0) is 21.8. The molecule has 0 saturated carbocycles. The molecule has 0 saturated heterocycles. The van der Waals surface area contributed by atoms with Crippen molar-refractivity contribution in [2.45, 2.75) is 12.5 Å². The molecule has 0 aliphatic carbocycles. The molecule has 5 nitrogen and oxygen atoms in total. The van der Waals surface area contributed by atoms with E-state index in [1.165, 1.54) is 10.4 Å². The zero-order valence-electron chi connectivity index (χ0n) is 17.8. The number of ether oxygens (including phenoxy) is 3. The van der Waals surface area contributed by atoms with Gasteiger partial charge >= 0.3 is 0 Å². The first-order valence-corrected chi connectivity index (χ1v) is 10.9. The van der Waals surface area contributed by atoms with Crippen LogP contribution in [0.15, 0.2) is 60.0 Å². The number of carbonyl (C=O) groups excluding carboxylic acids is 1. The fourth-order valence-corrected chi connectivity index (χ4v) is 4.91. The van der Waals surface area contributed by atoms with Crippen molar-refractivity contribution >= 4 is 23.3 Å². The predicted molar refractivity (Wildman–Crippen MR) is 123 cm³/mol. The standard InChI is InChI=1S/C25H25NO4S/c1-28-20-15-17(16-21(29-2)25(20)30-3)9-10-23(27)26-13-11-22-19(12-14-31-22)24(26)18-7-5-4-6-8-18/h4-10,12,14-16,24H,11,13H2,1-3H3. The van der Waals surface area contributed by atoms with Gasteiger partial charge in [0.2, 0.25) is 11.7 Å². The van der Waals surface area contributed by atoms with Gasteiger partial charge in [-0.15, -0.1) is 11.3 Å². The molecule has 0 radical (unpaired) electrons. The van der Waals surface area contributed by atoms with E-state index in [1.54, 1.807) is 44.8 Å². The highest BCUT2D eigenvalue weighted by Crippen LogP contribution is 2.39. The Kier molecular flexibility index (Phi) is 6.28. The highest BCUT2D eigenvalue weighted by molar-refractivity contribution is 7.10. The number of hydrogen-bond acceptors (Lipinski definition) is 5. The Balaban J connectivity index is 1.64. The number of benzene rings is 2. The number of nitrogens with zero attached hydrogens (tertiary/aromatic N) is 1. The van der Waals surface area contributed by atoms with E-state index >= 15 is 0 Å². The number of rotatable bonds is 6. The molecule has 160 valence electrons. The number of amides is 1. The first-order valence-electron chi connectivity index (χ1n) is 10.1. The van der Waals surface area contributed by atoms with E-state index in [-0.39, 0.29) is 11.9 Å². The van der Waals surface area contributed by atoms with Crippen molar-refractivity contribution in [3.05, 3.63) is 81.6 Å². The van der Waals surface area contributed by atoms with Crippen molar-refractivity contribution in [2.75, 3.05) is 27.9 Å². The lowest BCUT2D eigenvalue weighted by Crippen LogP contribution is -2.39. The average Bonchev–Trinajstić information content (AvgIpc) is 3.30. The van der Waals surface area contributed by atoms with Gasteiger partial charge in [-0.3, -0.25) is 4.79 Å². The van der Waals surface area contributed by atoms with Crippen molar-refractivity contribution in [1.82, 2.24) is 4.90 Å². The Hall–Kier alpha value is -3.25. The van der Waals surface area contributed by atoms with Crippen LogP contribution >= 0.6 is 11.3 Å². The first-order chi connectivity index (χ1) is 15.2. The molecule has 31 heavy (non-hydrogen) atoms. The number of hydrogen-bond donors (Lipinski definition) is 0. The van der Waals surface area contributed by atoms with Gasteiger partial charge in [0.05, 0.1) is 27.4 Å². The summed E-state index contributed by atoms with van der Waals surface area (Å²) < 4.78 is 16.2. The first kappa shape index (κ1) is 21.0. The predicted octanol–water partition coefficient (Wildman–Crippen LogP) is 4.96. The third-order valence-electron chi connectivity index (χ3n) is 5.47. The summed E-state index contributed by atoms with van der Waals surface area (Å²) in [6, 6.07) is 15.9. The Morgan fingerprint density at radius 3 is 2.39 bits per heavy atom. The van der Waals surface area contributed by atoms with E-state index in [4.69, 9.17) is 14.2 Å². The maximum absolute atomic E-state index is 13.3. The fraction of sp³-hybridized carbons (Fsp3) is 0.240. The summed E-state index contributed by atoms with van der Waals surface area (Å²) in [5.41, 5.74) is 3.14. The fourth-order valence-electron chi connectivity index (χ4n) is 4.01. The van der Waals surface area contributed by atoms with Gasteiger partial charge in [0.1, 0.15) is 0 Å². The van der Waals surface area contributed by atoms with Crippen LogP contribution in [0.1, 0.15) is 27.6 Å². The lowest BCUT2D eigenvalue weighted by Gasteiger charge is -2.35. The van der Waals surface area contributed by atoms with Crippen molar-refractivity contribution in [1.29, 1.82) is 0 Å². The summed E-state index contributed by atoms with van der Waals surface area (Å²) in [6.07, 6.45) is 4.28. The smallest absolute Gasteiger partial charge is 0.247 e. The minimum Gasteiger partial charge on any atom is -0.493 e. The number of methoxy groups -OCH3 is 3. The number of fused-ring (bicyclic) bond motifs is 1. The van der Waals surface area contributed by atoms with Crippen LogP contribution in [0.3, 0.4) is 0 Å². The molecule has 2 aromatic carbocycles. The summed E-state index contributed by atoms with van der Waals surface area (Å²) >= 11 is 1.76. The van der Waals surface area contributed by atoms with Crippen molar-refractivity contribution in [3.63, 3.8) is 0 Å². The van der Waals surface area contributed by atoms with Crippen molar-refractivity contribution in [3.8, 4) is 17.2 Å². The van der Waals surface area contributed by atoms with Crippen LogP contribution in [-0.2, 0) is 11.2 Å². The Bertz CT molecular complexity index is 1060. The molecular weight excluding hydrogens is 410 g/mol. The lowest BCUT2D eigenvalue weighted by molar-refractivity contribution is -0.127. The second-order valence-electron chi connectivity index (χ2n) is 7.19. The molecule has 1 aromatic heterocycles.